The van der Waals surface area contributed by atoms with Crippen molar-refractivity contribution in [3.8, 4) is 5.75 Å². The van der Waals surface area contributed by atoms with E-state index in [-0.39, 0.29) is 12.5 Å². The van der Waals surface area contributed by atoms with E-state index in [1.54, 1.807) is 7.11 Å². The van der Waals surface area contributed by atoms with Crippen LogP contribution in [0.15, 0.2) is 24.3 Å². The number of ether oxygens (including phenoxy) is 1. The Hall–Kier alpha value is -2.24. The van der Waals surface area contributed by atoms with Crippen LogP contribution in [0.5, 0.6) is 5.75 Å². The van der Waals surface area contributed by atoms with Crippen molar-refractivity contribution >= 4 is 12.0 Å². The number of hydrogen-bond acceptors (Lipinski definition) is 3. The average Bonchev–Trinajstić information content (AvgIpc) is 2.42. The molecule has 6 nitrogen and oxygen atoms in total. The molecule has 114 valence electrons. The van der Waals surface area contributed by atoms with Crippen LogP contribution in [0.3, 0.4) is 0 Å². The summed E-state index contributed by atoms with van der Waals surface area (Å²) in [5.74, 6) is -0.154. The SMILES string of the molecule is COc1cccc(CNC(=O)NC2(CC(=O)O)CCC2)c1. The van der Waals surface area contributed by atoms with Gasteiger partial charge in [-0.3, -0.25) is 4.79 Å². The summed E-state index contributed by atoms with van der Waals surface area (Å²) in [7, 11) is 1.59. The van der Waals surface area contributed by atoms with Crippen LogP contribution in [0.1, 0.15) is 31.2 Å². The fourth-order valence-electron chi connectivity index (χ4n) is 2.49. The number of aliphatic carboxylic acids is 1. The third-order valence-corrected chi connectivity index (χ3v) is 3.77. The van der Waals surface area contributed by atoms with Gasteiger partial charge in [-0.2, -0.15) is 0 Å². The first-order chi connectivity index (χ1) is 10.0. The Morgan fingerprint density at radius 2 is 2.14 bits per heavy atom. The largest absolute Gasteiger partial charge is 0.497 e. The second-order valence-electron chi connectivity index (χ2n) is 5.36. The van der Waals surface area contributed by atoms with Gasteiger partial charge in [0.15, 0.2) is 0 Å². The summed E-state index contributed by atoms with van der Waals surface area (Å²) in [5.41, 5.74) is 0.343. The molecule has 1 aromatic rings. The molecule has 1 aromatic carbocycles. The zero-order valence-electron chi connectivity index (χ0n) is 12.0. The van der Waals surface area contributed by atoms with E-state index in [0.29, 0.717) is 19.4 Å². The van der Waals surface area contributed by atoms with Crippen molar-refractivity contribution in [1.29, 1.82) is 0 Å². The molecule has 21 heavy (non-hydrogen) atoms. The second kappa shape index (κ2) is 6.47. The van der Waals surface area contributed by atoms with Crippen LogP contribution in [0.4, 0.5) is 4.79 Å². The maximum absolute atomic E-state index is 11.9. The molecule has 0 aromatic heterocycles. The van der Waals surface area contributed by atoms with Gasteiger partial charge < -0.3 is 20.5 Å². The Kier molecular flexibility index (Phi) is 4.67. The van der Waals surface area contributed by atoms with Crippen molar-refractivity contribution in [1.82, 2.24) is 10.6 Å². The Bertz CT molecular complexity index is 526. The lowest BCUT2D eigenvalue weighted by atomic mass is 9.74. The van der Waals surface area contributed by atoms with Gasteiger partial charge in [-0.1, -0.05) is 12.1 Å². The molecule has 1 aliphatic carbocycles. The number of urea groups is 1. The first-order valence-electron chi connectivity index (χ1n) is 6.94. The van der Waals surface area contributed by atoms with Crippen LogP contribution in [0, 0.1) is 0 Å². The van der Waals surface area contributed by atoms with E-state index < -0.39 is 11.5 Å². The van der Waals surface area contributed by atoms with Crippen molar-refractivity contribution in [3.63, 3.8) is 0 Å². The summed E-state index contributed by atoms with van der Waals surface area (Å²) in [6.45, 7) is 0.367. The molecule has 0 radical (unpaired) electrons. The quantitative estimate of drug-likeness (QED) is 0.747. The third-order valence-electron chi connectivity index (χ3n) is 3.77. The summed E-state index contributed by atoms with van der Waals surface area (Å²) in [6, 6.07) is 7.08. The Labute approximate surface area is 123 Å². The second-order valence-corrected chi connectivity index (χ2v) is 5.36. The van der Waals surface area contributed by atoms with Gasteiger partial charge in [-0.05, 0) is 37.0 Å². The van der Waals surface area contributed by atoms with Gasteiger partial charge in [0.05, 0.1) is 19.1 Å². The van der Waals surface area contributed by atoms with Crippen LogP contribution in [0.2, 0.25) is 0 Å². The minimum atomic E-state index is -0.886. The highest BCUT2D eigenvalue weighted by Crippen LogP contribution is 2.34. The molecule has 6 heteroatoms. The number of carbonyl (C=O) groups excluding carboxylic acids is 1. The highest BCUT2D eigenvalue weighted by Gasteiger charge is 2.40. The summed E-state index contributed by atoms with van der Waals surface area (Å²) in [6.07, 6.45) is 2.35. The summed E-state index contributed by atoms with van der Waals surface area (Å²) in [5, 5.41) is 14.5. The van der Waals surface area contributed by atoms with E-state index >= 15 is 0 Å². The van der Waals surface area contributed by atoms with Crippen molar-refractivity contribution in [3.05, 3.63) is 29.8 Å². The molecule has 1 saturated carbocycles. The predicted molar refractivity (Wildman–Crippen MR) is 77.2 cm³/mol. The number of carboxylic acid groups (broad SMARTS) is 1. The van der Waals surface area contributed by atoms with Crippen molar-refractivity contribution < 1.29 is 19.4 Å². The van der Waals surface area contributed by atoms with Crippen molar-refractivity contribution in [2.24, 2.45) is 0 Å². The molecule has 0 unspecified atom stereocenters. The topological polar surface area (TPSA) is 87.7 Å². The molecule has 2 amide bonds. The Balaban J connectivity index is 1.85. The summed E-state index contributed by atoms with van der Waals surface area (Å²) in [4.78, 5) is 22.8. The normalized spacial score (nSPS) is 15.7. The average molecular weight is 292 g/mol. The zero-order chi connectivity index (χ0) is 15.3. The first-order valence-corrected chi connectivity index (χ1v) is 6.94. The number of rotatable bonds is 6. The molecule has 1 fully saturated rings. The molecule has 0 heterocycles. The lowest BCUT2D eigenvalue weighted by molar-refractivity contribution is -0.139. The number of amides is 2. The summed E-state index contributed by atoms with van der Waals surface area (Å²) >= 11 is 0. The number of methoxy groups -OCH3 is 1. The maximum Gasteiger partial charge on any atom is 0.315 e. The zero-order valence-corrected chi connectivity index (χ0v) is 12.0. The standard InChI is InChI=1S/C15H20N2O4/c1-21-12-5-2-4-11(8-12)10-16-14(20)17-15(6-3-7-15)9-13(18)19/h2,4-5,8H,3,6-7,9-10H2,1H3,(H,18,19)(H2,16,17,20). The minimum absolute atomic E-state index is 0.0282. The lowest BCUT2D eigenvalue weighted by Crippen LogP contribution is -2.57. The van der Waals surface area contributed by atoms with E-state index in [9.17, 15) is 9.59 Å². The number of hydrogen-bond donors (Lipinski definition) is 3. The van der Waals surface area contributed by atoms with E-state index in [0.717, 1.165) is 17.7 Å². The molecule has 0 aliphatic heterocycles. The molecular weight excluding hydrogens is 272 g/mol. The fourth-order valence-corrected chi connectivity index (χ4v) is 2.49. The molecule has 0 saturated heterocycles. The van der Waals surface area contributed by atoms with E-state index in [1.165, 1.54) is 0 Å². The van der Waals surface area contributed by atoms with Crippen molar-refractivity contribution in [2.75, 3.05) is 7.11 Å². The van der Waals surface area contributed by atoms with Gasteiger partial charge in [0.1, 0.15) is 5.75 Å². The number of benzene rings is 1. The summed E-state index contributed by atoms with van der Waals surface area (Å²) < 4.78 is 5.12. The van der Waals surface area contributed by atoms with E-state index in [1.807, 2.05) is 24.3 Å². The van der Waals surface area contributed by atoms with Crippen LogP contribution >= 0.6 is 0 Å². The smallest absolute Gasteiger partial charge is 0.315 e. The van der Waals surface area contributed by atoms with E-state index in [2.05, 4.69) is 10.6 Å². The maximum atomic E-state index is 11.9. The van der Waals surface area contributed by atoms with Gasteiger partial charge >= 0.3 is 12.0 Å². The molecule has 2 rings (SSSR count). The van der Waals surface area contributed by atoms with Crippen LogP contribution in [0.25, 0.3) is 0 Å². The third kappa shape index (κ3) is 4.11. The monoisotopic (exact) mass is 292 g/mol. The van der Waals surface area contributed by atoms with Crippen molar-refractivity contribution in [2.45, 2.75) is 37.8 Å². The fraction of sp³-hybridized carbons (Fsp3) is 0.467. The van der Waals surface area contributed by atoms with Crippen LogP contribution in [-0.4, -0.2) is 29.8 Å². The number of carbonyl (C=O) groups is 2. The molecule has 3 N–H and O–H groups in total. The minimum Gasteiger partial charge on any atom is -0.497 e. The molecular formula is C15H20N2O4. The highest BCUT2D eigenvalue weighted by atomic mass is 16.5. The van der Waals surface area contributed by atoms with Gasteiger partial charge in [0.2, 0.25) is 0 Å². The molecule has 0 atom stereocenters. The highest BCUT2D eigenvalue weighted by molar-refractivity contribution is 5.77. The van der Waals surface area contributed by atoms with Gasteiger partial charge in [-0.25, -0.2) is 4.79 Å². The molecule has 0 spiro atoms. The van der Waals surface area contributed by atoms with Gasteiger partial charge in [0.25, 0.3) is 0 Å². The van der Waals surface area contributed by atoms with Gasteiger partial charge in [0, 0.05) is 6.54 Å². The number of nitrogens with one attached hydrogen (secondary N) is 2. The van der Waals surface area contributed by atoms with Crippen LogP contribution < -0.4 is 15.4 Å². The van der Waals surface area contributed by atoms with E-state index in [4.69, 9.17) is 9.84 Å². The Morgan fingerprint density at radius 1 is 1.38 bits per heavy atom. The first kappa shape index (κ1) is 15.2. The number of carboxylic acids is 1. The Morgan fingerprint density at radius 3 is 2.71 bits per heavy atom. The van der Waals surface area contributed by atoms with Crippen LogP contribution in [-0.2, 0) is 11.3 Å². The lowest BCUT2D eigenvalue weighted by Gasteiger charge is -2.41. The van der Waals surface area contributed by atoms with Gasteiger partial charge in [-0.15, -0.1) is 0 Å². The predicted octanol–water partition coefficient (Wildman–Crippen LogP) is 1.89. The molecule has 0 bridgehead atoms. The molecule has 1 aliphatic rings.